The van der Waals surface area contributed by atoms with Crippen LogP contribution in [0.25, 0.3) is 0 Å². The number of carboxylic acid groups (broad SMARTS) is 1. The van der Waals surface area contributed by atoms with Gasteiger partial charge < -0.3 is 5.11 Å². The average Bonchev–Trinajstić information content (AvgIpc) is 2.84. The van der Waals surface area contributed by atoms with Crippen molar-refractivity contribution < 1.29 is 9.90 Å². The van der Waals surface area contributed by atoms with E-state index in [1.165, 1.54) is 167 Å². The van der Waals surface area contributed by atoms with Crippen molar-refractivity contribution in [1.29, 1.82) is 0 Å². The number of hydrogen-bond donors (Lipinski definition) is 1. The van der Waals surface area contributed by atoms with E-state index in [1.54, 1.807) is 0 Å². The van der Waals surface area contributed by atoms with Crippen LogP contribution in [0, 0.1) is 0 Å². The molecule has 0 bridgehead atoms. The van der Waals surface area contributed by atoms with Crippen molar-refractivity contribution in [3.05, 3.63) is 0 Å². The highest BCUT2D eigenvalue weighted by Gasteiger charge is 2.19. The topological polar surface area (TPSA) is 37.3 Å². The summed E-state index contributed by atoms with van der Waals surface area (Å²) in [7, 11) is 0. The molecule has 0 unspecified atom stereocenters. The Kier molecular flexibility index (Phi) is 29.5. The van der Waals surface area contributed by atoms with Crippen LogP contribution in [0.1, 0.15) is 186 Å². The predicted octanol–water partition coefficient (Wildman–Crippen LogP) is 12.9. The minimum atomic E-state index is -1.85. The van der Waals surface area contributed by atoms with Crippen LogP contribution in [0.4, 0.5) is 0 Å². The molecule has 0 aromatic heterocycles. The molecule has 0 saturated carbocycles. The van der Waals surface area contributed by atoms with Gasteiger partial charge in [0, 0.05) is 6.42 Å². The number of unbranched alkanes of at least 4 members (excludes halogenated alkanes) is 27. The van der Waals surface area contributed by atoms with Gasteiger partial charge in [0.1, 0.15) is 0 Å². The van der Waals surface area contributed by atoms with E-state index in [0.717, 1.165) is 18.9 Å². The summed E-state index contributed by atoms with van der Waals surface area (Å²) in [4.78, 5) is 10.5. The van der Waals surface area contributed by atoms with Gasteiger partial charge in [-0.05, 0) is 19.0 Å². The molecular formula is C32H64Cl2O2Si. The van der Waals surface area contributed by atoms with Crippen LogP contribution in [-0.2, 0) is 4.79 Å². The molecule has 0 aliphatic heterocycles. The van der Waals surface area contributed by atoms with Crippen molar-refractivity contribution in [1.82, 2.24) is 0 Å². The maximum absolute atomic E-state index is 10.5. The predicted molar refractivity (Wildman–Crippen MR) is 170 cm³/mol. The molecule has 0 aliphatic rings. The highest BCUT2D eigenvalue weighted by molar-refractivity contribution is 7.44. The maximum Gasteiger partial charge on any atom is 0.303 e. The van der Waals surface area contributed by atoms with Crippen molar-refractivity contribution in [2.45, 2.75) is 199 Å². The van der Waals surface area contributed by atoms with E-state index >= 15 is 0 Å². The fourth-order valence-electron chi connectivity index (χ4n) is 5.31. The summed E-state index contributed by atoms with van der Waals surface area (Å²) in [6.45, 7) is 0.186. The summed E-state index contributed by atoms with van der Waals surface area (Å²) in [6, 6.07) is 1.06. The molecule has 2 nitrogen and oxygen atoms in total. The lowest BCUT2D eigenvalue weighted by Crippen LogP contribution is -2.11. The van der Waals surface area contributed by atoms with Crippen molar-refractivity contribution in [3.63, 3.8) is 0 Å². The Morgan fingerprint density at radius 1 is 0.432 bits per heavy atom. The highest BCUT2D eigenvalue weighted by atomic mass is 35.7. The molecular weight excluding hydrogens is 515 g/mol. The first-order chi connectivity index (χ1) is 17.9. The molecule has 0 aromatic rings. The Bertz CT molecular complexity index is 468. The van der Waals surface area contributed by atoms with Gasteiger partial charge in [-0.2, -0.15) is 0 Å². The van der Waals surface area contributed by atoms with Crippen molar-refractivity contribution in [3.8, 4) is 0 Å². The first-order valence-corrected chi connectivity index (χ1v) is 21.2. The lowest BCUT2D eigenvalue weighted by atomic mass is 10.0. The largest absolute Gasteiger partial charge is 0.481 e. The van der Waals surface area contributed by atoms with Crippen LogP contribution in [0.3, 0.4) is 0 Å². The van der Waals surface area contributed by atoms with E-state index in [4.69, 9.17) is 27.3 Å². The Balaban J connectivity index is 3.05. The smallest absolute Gasteiger partial charge is 0.303 e. The molecule has 0 saturated heterocycles. The fraction of sp³-hybridized carbons (Fsp3) is 0.969. The summed E-state index contributed by atoms with van der Waals surface area (Å²) >= 11 is 12.3. The number of halogens is 2. The molecule has 0 fully saturated rings. The van der Waals surface area contributed by atoms with E-state index in [2.05, 4.69) is 0 Å². The van der Waals surface area contributed by atoms with Gasteiger partial charge in [-0.25, -0.2) is 0 Å². The molecule has 0 rings (SSSR count). The SMILES string of the molecule is C[Si](Cl)(Cl)CCCCCCCCCCCCCCCCCCCCCCCCCCCCCCC(=O)O. The first-order valence-electron chi connectivity index (χ1n) is 16.5. The second kappa shape index (κ2) is 29.3. The Labute approximate surface area is 242 Å². The summed E-state index contributed by atoms with van der Waals surface area (Å²) < 4.78 is 0. The van der Waals surface area contributed by atoms with E-state index in [-0.39, 0.29) is 0 Å². The van der Waals surface area contributed by atoms with Gasteiger partial charge in [-0.3, -0.25) is 4.79 Å². The van der Waals surface area contributed by atoms with E-state index in [0.29, 0.717) is 6.42 Å². The molecule has 1 N–H and O–H groups in total. The summed E-state index contributed by atoms with van der Waals surface area (Å²) in [5.74, 6) is -0.652. The standard InChI is InChI=1S/C32H64Cl2O2Si/c1-37(33,34)31-29-27-25-23-21-19-17-15-13-11-9-7-5-3-2-4-6-8-10-12-14-16-18-20-22-24-26-28-30-32(35)36/h2-31H2,1H3,(H,35,36). The second-order valence-electron chi connectivity index (χ2n) is 11.9. The van der Waals surface area contributed by atoms with Crippen LogP contribution >= 0.6 is 22.2 Å². The number of carbonyl (C=O) groups is 1. The van der Waals surface area contributed by atoms with Gasteiger partial charge in [-0.15, -0.1) is 22.2 Å². The van der Waals surface area contributed by atoms with Crippen LogP contribution < -0.4 is 0 Å². The molecule has 0 atom stereocenters. The van der Waals surface area contributed by atoms with Gasteiger partial charge in [0.2, 0.25) is 6.69 Å². The van der Waals surface area contributed by atoms with Gasteiger partial charge in [0.05, 0.1) is 0 Å². The van der Waals surface area contributed by atoms with E-state index in [1.807, 2.05) is 6.55 Å². The van der Waals surface area contributed by atoms with E-state index in [9.17, 15) is 4.79 Å². The normalized spacial score (nSPS) is 11.9. The molecule has 0 radical (unpaired) electrons. The molecule has 0 aromatic carbocycles. The monoisotopic (exact) mass is 578 g/mol. The zero-order chi connectivity index (χ0) is 27.3. The Morgan fingerprint density at radius 2 is 0.622 bits per heavy atom. The van der Waals surface area contributed by atoms with E-state index < -0.39 is 12.7 Å². The number of hydrogen-bond acceptors (Lipinski definition) is 1. The third kappa shape index (κ3) is 36.3. The highest BCUT2D eigenvalue weighted by Crippen LogP contribution is 2.23. The third-order valence-electron chi connectivity index (χ3n) is 7.76. The molecule has 0 spiro atoms. The van der Waals surface area contributed by atoms with Crippen molar-refractivity contribution >= 4 is 34.8 Å². The summed E-state index contributed by atoms with van der Waals surface area (Å²) in [5, 5.41) is 8.62. The number of carboxylic acids is 1. The maximum atomic E-state index is 10.5. The second-order valence-corrected chi connectivity index (χ2v) is 20.1. The average molecular weight is 580 g/mol. The summed E-state index contributed by atoms with van der Waals surface area (Å²) in [5.41, 5.74) is 0. The van der Waals surface area contributed by atoms with Gasteiger partial charge in [-0.1, -0.05) is 173 Å². The lowest BCUT2D eigenvalue weighted by Gasteiger charge is -2.09. The minimum Gasteiger partial charge on any atom is -0.481 e. The first kappa shape index (κ1) is 37.3. The van der Waals surface area contributed by atoms with Gasteiger partial charge in [0.25, 0.3) is 0 Å². The van der Waals surface area contributed by atoms with Crippen LogP contribution in [0.5, 0.6) is 0 Å². The lowest BCUT2D eigenvalue weighted by molar-refractivity contribution is -0.137. The van der Waals surface area contributed by atoms with Crippen LogP contribution in [0.2, 0.25) is 12.6 Å². The molecule has 37 heavy (non-hydrogen) atoms. The third-order valence-corrected chi connectivity index (χ3v) is 10.1. The number of rotatable bonds is 31. The molecule has 222 valence electrons. The van der Waals surface area contributed by atoms with Gasteiger partial charge >= 0.3 is 5.97 Å². The van der Waals surface area contributed by atoms with Crippen LogP contribution in [0.15, 0.2) is 0 Å². The van der Waals surface area contributed by atoms with Crippen LogP contribution in [-0.4, -0.2) is 17.8 Å². The molecule has 0 amide bonds. The Morgan fingerprint density at radius 3 is 0.811 bits per heavy atom. The van der Waals surface area contributed by atoms with Crippen molar-refractivity contribution in [2.24, 2.45) is 0 Å². The zero-order valence-corrected chi connectivity index (χ0v) is 27.3. The molecule has 5 heteroatoms. The van der Waals surface area contributed by atoms with Crippen molar-refractivity contribution in [2.75, 3.05) is 0 Å². The molecule has 0 aliphatic carbocycles. The summed E-state index contributed by atoms with van der Waals surface area (Å²) in [6.07, 6.45) is 38.6. The zero-order valence-electron chi connectivity index (χ0n) is 24.8. The Hall–Kier alpha value is 0.267. The molecule has 0 heterocycles. The fourth-order valence-corrected chi connectivity index (χ4v) is 6.98. The quantitative estimate of drug-likeness (QED) is 0.0504. The minimum absolute atomic E-state index is 0.342. The van der Waals surface area contributed by atoms with Gasteiger partial charge in [0.15, 0.2) is 0 Å². The number of aliphatic carboxylic acids is 1.